The fourth-order valence-corrected chi connectivity index (χ4v) is 3.20. The maximum atomic E-state index is 12.3. The summed E-state index contributed by atoms with van der Waals surface area (Å²) in [5.41, 5.74) is 3.42. The highest BCUT2D eigenvalue weighted by atomic mass is 16.3. The van der Waals surface area contributed by atoms with E-state index < -0.39 is 0 Å². The van der Waals surface area contributed by atoms with Crippen LogP contribution < -0.4 is 15.5 Å². The van der Waals surface area contributed by atoms with Gasteiger partial charge in [0.25, 0.3) is 5.91 Å². The summed E-state index contributed by atoms with van der Waals surface area (Å²) in [6.45, 7) is 2.60. The monoisotopic (exact) mass is 362 g/mol. The zero-order valence-electron chi connectivity index (χ0n) is 15.0. The minimum atomic E-state index is -0.237. The Bertz CT molecular complexity index is 885. The summed E-state index contributed by atoms with van der Waals surface area (Å²) in [4.78, 5) is 18.8. The summed E-state index contributed by atoms with van der Waals surface area (Å²) in [6.07, 6.45) is 5.74. The van der Waals surface area contributed by atoms with Crippen molar-refractivity contribution in [2.24, 2.45) is 0 Å². The number of nitrogens with zero attached hydrogens (tertiary/aromatic N) is 2. The lowest BCUT2D eigenvalue weighted by Gasteiger charge is -2.18. The number of pyridine rings is 1. The van der Waals surface area contributed by atoms with E-state index in [0.29, 0.717) is 18.0 Å². The van der Waals surface area contributed by atoms with E-state index in [1.54, 1.807) is 24.6 Å². The molecular weight excluding hydrogens is 340 g/mol. The molecule has 1 fully saturated rings. The number of amides is 1. The average Bonchev–Trinajstić information content (AvgIpc) is 3.41. The van der Waals surface area contributed by atoms with Gasteiger partial charge in [-0.05, 0) is 61.4 Å². The van der Waals surface area contributed by atoms with Gasteiger partial charge in [-0.15, -0.1) is 0 Å². The number of nitrogens with one attached hydrogen (secondary N) is 2. The van der Waals surface area contributed by atoms with Crippen LogP contribution in [0.15, 0.2) is 65.4 Å². The minimum absolute atomic E-state index is 0.237. The van der Waals surface area contributed by atoms with Crippen LogP contribution in [-0.2, 0) is 6.54 Å². The molecular formula is C21H22N4O2. The highest BCUT2D eigenvalue weighted by molar-refractivity contribution is 5.93. The molecule has 1 aromatic carbocycles. The first kappa shape index (κ1) is 17.1. The summed E-state index contributed by atoms with van der Waals surface area (Å²) in [7, 11) is 0. The quantitative estimate of drug-likeness (QED) is 0.695. The van der Waals surface area contributed by atoms with Gasteiger partial charge >= 0.3 is 0 Å². The summed E-state index contributed by atoms with van der Waals surface area (Å²) >= 11 is 0. The first-order valence-corrected chi connectivity index (χ1v) is 9.16. The first-order valence-electron chi connectivity index (χ1n) is 9.16. The average molecular weight is 362 g/mol. The molecule has 3 aromatic rings. The van der Waals surface area contributed by atoms with Gasteiger partial charge in [0, 0.05) is 36.3 Å². The number of benzene rings is 1. The van der Waals surface area contributed by atoms with Gasteiger partial charge in [-0.3, -0.25) is 9.78 Å². The second-order valence-corrected chi connectivity index (χ2v) is 6.56. The molecule has 1 aliphatic rings. The molecule has 2 aromatic heterocycles. The topological polar surface area (TPSA) is 70.4 Å². The number of furan rings is 1. The maximum absolute atomic E-state index is 12.3. The zero-order chi connectivity index (χ0) is 18.5. The van der Waals surface area contributed by atoms with Gasteiger partial charge in [-0.25, -0.2) is 0 Å². The smallest absolute Gasteiger partial charge is 0.270 e. The van der Waals surface area contributed by atoms with Crippen LogP contribution in [0.25, 0.3) is 0 Å². The second-order valence-electron chi connectivity index (χ2n) is 6.56. The highest BCUT2D eigenvalue weighted by Crippen LogP contribution is 2.24. The van der Waals surface area contributed by atoms with Gasteiger partial charge in [0.05, 0.1) is 12.8 Å². The van der Waals surface area contributed by atoms with Gasteiger partial charge in [-0.2, -0.15) is 0 Å². The summed E-state index contributed by atoms with van der Waals surface area (Å²) in [5, 5.41) is 6.13. The Balaban J connectivity index is 1.39. The molecule has 0 unspecified atom stereocenters. The van der Waals surface area contributed by atoms with Gasteiger partial charge in [0.1, 0.15) is 11.5 Å². The SMILES string of the molecule is O=C(NCc1ccco1)c1cc(Nc2ccc(N3CCCC3)cc2)ccn1. The first-order chi connectivity index (χ1) is 13.3. The van der Waals surface area contributed by atoms with Crippen LogP contribution in [0.4, 0.5) is 17.1 Å². The molecule has 0 atom stereocenters. The molecule has 0 spiro atoms. The lowest BCUT2D eigenvalue weighted by molar-refractivity contribution is 0.0943. The molecule has 1 amide bonds. The van der Waals surface area contributed by atoms with E-state index >= 15 is 0 Å². The number of hydrogen-bond donors (Lipinski definition) is 2. The number of carbonyl (C=O) groups is 1. The Hall–Kier alpha value is -3.28. The van der Waals surface area contributed by atoms with Crippen molar-refractivity contribution in [2.75, 3.05) is 23.3 Å². The predicted molar refractivity (Wildman–Crippen MR) is 105 cm³/mol. The van der Waals surface area contributed by atoms with E-state index in [4.69, 9.17) is 4.42 Å². The molecule has 27 heavy (non-hydrogen) atoms. The van der Waals surface area contributed by atoms with Gasteiger partial charge in [0.15, 0.2) is 0 Å². The van der Waals surface area contributed by atoms with Crippen LogP contribution >= 0.6 is 0 Å². The Kier molecular flexibility index (Phi) is 5.05. The fourth-order valence-electron chi connectivity index (χ4n) is 3.20. The third-order valence-electron chi connectivity index (χ3n) is 4.62. The van der Waals surface area contributed by atoms with Crippen LogP contribution in [0.3, 0.4) is 0 Å². The normalized spacial score (nSPS) is 13.6. The predicted octanol–water partition coefficient (Wildman–Crippen LogP) is 3.95. The van der Waals surface area contributed by atoms with E-state index in [0.717, 1.165) is 24.5 Å². The van der Waals surface area contributed by atoms with Crippen LogP contribution in [0.1, 0.15) is 29.1 Å². The van der Waals surface area contributed by atoms with Crippen LogP contribution in [0, 0.1) is 0 Å². The molecule has 0 radical (unpaired) electrons. The zero-order valence-corrected chi connectivity index (χ0v) is 15.0. The van der Waals surface area contributed by atoms with Crippen molar-refractivity contribution in [2.45, 2.75) is 19.4 Å². The van der Waals surface area contributed by atoms with E-state index in [1.807, 2.05) is 12.1 Å². The molecule has 4 rings (SSSR count). The lowest BCUT2D eigenvalue weighted by Crippen LogP contribution is -2.23. The van der Waals surface area contributed by atoms with E-state index in [1.165, 1.54) is 18.5 Å². The standard InChI is InChI=1S/C21H22N4O2/c26-21(23-15-19-4-3-13-27-19)20-14-17(9-10-22-20)24-16-5-7-18(8-6-16)25-11-1-2-12-25/h3-10,13-14H,1-2,11-12,15H2,(H,22,24)(H,23,26). The molecule has 6 nitrogen and oxygen atoms in total. The third kappa shape index (κ3) is 4.28. The molecule has 0 aliphatic carbocycles. The van der Waals surface area contributed by atoms with Crippen LogP contribution in [0.5, 0.6) is 0 Å². The number of rotatable bonds is 6. The number of hydrogen-bond acceptors (Lipinski definition) is 5. The Morgan fingerprint density at radius 3 is 2.63 bits per heavy atom. The fraction of sp³-hybridized carbons (Fsp3) is 0.238. The van der Waals surface area contributed by atoms with Crippen molar-refractivity contribution in [3.63, 3.8) is 0 Å². The van der Waals surface area contributed by atoms with Crippen molar-refractivity contribution in [3.05, 3.63) is 72.4 Å². The summed E-state index contributed by atoms with van der Waals surface area (Å²) in [6, 6.07) is 15.6. The lowest BCUT2D eigenvalue weighted by atomic mass is 10.2. The Labute approximate surface area is 158 Å². The molecule has 6 heteroatoms. The molecule has 2 N–H and O–H groups in total. The summed E-state index contributed by atoms with van der Waals surface area (Å²) in [5.74, 6) is 0.468. The van der Waals surface area contributed by atoms with E-state index in [2.05, 4.69) is 44.8 Å². The van der Waals surface area contributed by atoms with Crippen molar-refractivity contribution >= 4 is 23.0 Å². The molecule has 138 valence electrons. The number of carbonyl (C=O) groups excluding carboxylic acids is 1. The number of anilines is 3. The Morgan fingerprint density at radius 1 is 1.07 bits per heavy atom. The van der Waals surface area contributed by atoms with Gasteiger partial charge in [0.2, 0.25) is 0 Å². The molecule has 1 saturated heterocycles. The van der Waals surface area contributed by atoms with Crippen LogP contribution in [-0.4, -0.2) is 24.0 Å². The van der Waals surface area contributed by atoms with Crippen molar-refractivity contribution in [1.82, 2.24) is 10.3 Å². The van der Waals surface area contributed by atoms with Gasteiger partial charge < -0.3 is 20.0 Å². The third-order valence-corrected chi connectivity index (χ3v) is 4.62. The van der Waals surface area contributed by atoms with Crippen molar-refractivity contribution in [1.29, 1.82) is 0 Å². The van der Waals surface area contributed by atoms with Crippen LogP contribution in [0.2, 0.25) is 0 Å². The molecule has 1 aliphatic heterocycles. The van der Waals surface area contributed by atoms with Crippen molar-refractivity contribution < 1.29 is 9.21 Å². The second kappa shape index (κ2) is 7.95. The van der Waals surface area contributed by atoms with E-state index in [-0.39, 0.29) is 5.91 Å². The molecule has 0 bridgehead atoms. The Morgan fingerprint density at radius 2 is 1.89 bits per heavy atom. The molecule has 0 saturated carbocycles. The van der Waals surface area contributed by atoms with Crippen molar-refractivity contribution in [3.8, 4) is 0 Å². The highest BCUT2D eigenvalue weighted by Gasteiger charge is 2.12. The summed E-state index contributed by atoms with van der Waals surface area (Å²) < 4.78 is 5.22. The number of aromatic nitrogens is 1. The molecule has 3 heterocycles. The van der Waals surface area contributed by atoms with E-state index in [9.17, 15) is 4.79 Å². The largest absolute Gasteiger partial charge is 0.467 e. The van der Waals surface area contributed by atoms with Gasteiger partial charge in [-0.1, -0.05) is 0 Å². The minimum Gasteiger partial charge on any atom is -0.467 e. The maximum Gasteiger partial charge on any atom is 0.270 e.